The molecule has 1 heterocycles. The van der Waals surface area contributed by atoms with Crippen LogP contribution in [0.4, 0.5) is 5.82 Å². The van der Waals surface area contributed by atoms with Gasteiger partial charge in [0.2, 0.25) is 0 Å². The summed E-state index contributed by atoms with van der Waals surface area (Å²) >= 11 is 1.79. The van der Waals surface area contributed by atoms with Crippen molar-refractivity contribution >= 4 is 17.6 Å². The average molecular weight is 235 g/mol. The standard InChI is InChI=1S/C12H17N3S/c13-11-12(15-4-3-14-11)16-7-10-6-8-1-2-9(10)5-8/h3-4,8-10H,1-2,5-7H2,(H2,13,14). The molecule has 0 spiro atoms. The topological polar surface area (TPSA) is 51.8 Å². The molecule has 0 aliphatic heterocycles. The van der Waals surface area contributed by atoms with Crippen molar-refractivity contribution in [2.75, 3.05) is 11.5 Å². The number of hydrogen-bond acceptors (Lipinski definition) is 4. The van der Waals surface area contributed by atoms with E-state index in [2.05, 4.69) is 9.97 Å². The van der Waals surface area contributed by atoms with Gasteiger partial charge in [0.15, 0.2) is 5.82 Å². The van der Waals surface area contributed by atoms with Crippen molar-refractivity contribution in [1.82, 2.24) is 9.97 Å². The third kappa shape index (κ3) is 1.90. The molecule has 3 rings (SSSR count). The molecule has 2 aliphatic carbocycles. The van der Waals surface area contributed by atoms with Crippen molar-refractivity contribution in [3.8, 4) is 0 Å². The Labute approximate surface area is 100 Å². The summed E-state index contributed by atoms with van der Waals surface area (Å²) in [6.45, 7) is 0. The number of aromatic nitrogens is 2. The van der Waals surface area contributed by atoms with Gasteiger partial charge >= 0.3 is 0 Å². The lowest BCUT2D eigenvalue weighted by Crippen LogP contribution is -2.13. The van der Waals surface area contributed by atoms with E-state index in [1.165, 1.54) is 31.4 Å². The number of fused-ring (bicyclic) bond motifs is 2. The maximum Gasteiger partial charge on any atom is 0.156 e. The van der Waals surface area contributed by atoms with Gasteiger partial charge in [-0.2, -0.15) is 0 Å². The van der Waals surface area contributed by atoms with Gasteiger partial charge in [0.05, 0.1) is 0 Å². The first kappa shape index (κ1) is 10.4. The van der Waals surface area contributed by atoms with E-state index in [9.17, 15) is 0 Å². The van der Waals surface area contributed by atoms with Gasteiger partial charge in [0.25, 0.3) is 0 Å². The maximum atomic E-state index is 5.79. The first-order valence-corrected chi connectivity index (χ1v) is 7.01. The first-order chi connectivity index (χ1) is 7.83. The molecule has 2 bridgehead atoms. The summed E-state index contributed by atoms with van der Waals surface area (Å²) in [7, 11) is 0. The number of thioether (sulfide) groups is 1. The van der Waals surface area contributed by atoms with Crippen LogP contribution in [0.5, 0.6) is 0 Å². The molecule has 0 radical (unpaired) electrons. The van der Waals surface area contributed by atoms with E-state index in [1.54, 1.807) is 24.2 Å². The van der Waals surface area contributed by atoms with Gasteiger partial charge in [-0.1, -0.05) is 6.42 Å². The molecule has 3 atom stereocenters. The highest BCUT2D eigenvalue weighted by Crippen LogP contribution is 2.49. The van der Waals surface area contributed by atoms with E-state index in [1.807, 2.05) is 0 Å². The molecule has 1 aromatic heterocycles. The Morgan fingerprint density at radius 3 is 2.81 bits per heavy atom. The van der Waals surface area contributed by atoms with Gasteiger partial charge in [-0.25, -0.2) is 9.97 Å². The van der Waals surface area contributed by atoms with E-state index in [0.717, 1.165) is 22.8 Å². The van der Waals surface area contributed by atoms with Crippen molar-refractivity contribution in [3.05, 3.63) is 12.4 Å². The minimum Gasteiger partial charge on any atom is -0.381 e. The molecule has 2 aliphatic rings. The van der Waals surface area contributed by atoms with E-state index in [-0.39, 0.29) is 0 Å². The molecule has 1 aromatic rings. The van der Waals surface area contributed by atoms with Crippen molar-refractivity contribution in [1.29, 1.82) is 0 Å². The Bertz CT molecular complexity index is 382. The molecule has 16 heavy (non-hydrogen) atoms. The fraction of sp³-hybridized carbons (Fsp3) is 0.667. The predicted octanol–water partition coefficient (Wildman–Crippen LogP) is 2.59. The summed E-state index contributed by atoms with van der Waals surface area (Å²) in [5.41, 5.74) is 5.79. The van der Waals surface area contributed by atoms with Gasteiger partial charge < -0.3 is 5.73 Å². The molecular formula is C12H17N3S. The SMILES string of the molecule is Nc1nccnc1SCC1CC2CCC1C2. The fourth-order valence-electron chi connectivity index (χ4n) is 3.21. The molecule has 86 valence electrons. The highest BCUT2D eigenvalue weighted by Gasteiger charge is 2.39. The summed E-state index contributed by atoms with van der Waals surface area (Å²) in [5.74, 6) is 4.65. The minimum atomic E-state index is 0.579. The highest BCUT2D eigenvalue weighted by atomic mass is 32.2. The fourth-order valence-corrected chi connectivity index (χ4v) is 4.33. The Hall–Kier alpha value is -0.770. The lowest BCUT2D eigenvalue weighted by molar-refractivity contribution is 0.365. The monoisotopic (exact) mass is 235 g/mol. The zero-order valence-electron chi connectivity index (χ0n) is 9.30. The van der Waals surface area contributed by atoms with Gasteiger partial charge in [-0.15, -0.1) is 11.8 Å². The van der Waals surface area contributed by atoms with Crippen LogP contribution >= 0.6 is 11.8 Å². The summed E-state index contributed by atoms with van der Waals surface area (Å²) in [6.07, 6.45) is 9.19. The lowest BCUT2D eigenvalue weighted by atomic mass is 9.90. The Morgan fingerprint density at radius 1 is 1.25 bits per heavy atom. The molecule has 0 aromatic carbocycles. The average Bonchev–Trinajstić information content (AvgIpc) is 2.90. The van der Waals surface area contributed by atoms with Gasteiger partial charge in [-0.05, 0) is 37.0 Å². The number of rotatable bonds is 3. The zero-order chi connectivity index (χ0) is 11.0. The molecule has 2 fully saturated rings. The quantitative estimate of drug-likeness (QED) is 0.818. The largest absolute Gasteiger partial charge is 0.381 e. The number of anilines is 1. The zero-order valence-corrected chi connectivity index (χ0v) is 10.1. The van der Waals surface area contributed by atoms with Gasteiger partial charge in [-0.3, -0.25) is 0 Å². The van der Waals surface area contributed by atoms with Crippen LogP contribution < -0.4 is 5.73 Å². The number of nitrogen functional groups attached to an aromatic ring is 1. The molecule has 3 nitrogen and oxygen atoms in total. The van der Waals surface area contributed by atoms with Crippen LogP contribution in [0.1, 0.15) is 25.7 Å². The van der Waals surface area contributed by atoms with Crippen LogP contribution in [0.25, 0.3) is 0 Å². The van der Waals surface area contributed by atoms with Gasteiger partial charge in [0.1, 0.15) is 5.03 Å². The summed E-state index contributed by atoms with van der Waals surface area (Å²) in [4.78, 5) is 8.34. The van der Waals surface area contributed by atoms with Crippen LogP contribution in [-0.2, 0) is 0 Å². The molecule has 3 unspecified atom stereocenters. The van der Waals surface area contributed by atoms with Crippen LogP contribution in [0, 0.1) is 17.8 Å². The van der Waals surface area contributed by atoms with Gasteiger partial charge in [0, 0.05) is 18.1 Å². The lowest BCUT2D eigenvalue weighted by Gasteiger charge is -2.20. The number of hydrogen-bond donors (Lipinski definition) is 1. The van der Waals surface area contributed by atoms with E-state index < -0.39 is 0 Å². The number of nitrogens with zero attached hydrogens (tertiary/aromatic N) is 2. The molecule has 4 heteroatoms. The first-order valence-electron chi connectivity index (χ1n) is 6.02. The molecular weight excluding hydrogens is 218 g/mol. The third-order valence-corrected chi connectivity index (χ3v) is 5.19. The van der Waals surface area contributed by atoms with Crippen LogP contribution in [-0.4, -0.2) is 15.7 Å². The van der Waals surface area contributed by atoms with E-state index in [4.69, 9.17) is 5.73 Å². The molecule has 2 saturated carbocycles. The van der Waals surface area contributed by atoms with Crippen molar-refractivity contribution in [2.45, 2.75) is 30.7 Å². The van der Waals surface area contributed by atoms with Crippen LogP contribution in [0.15, 0.2) is 17.4 Å². The second-order valence-corrected chi connectivity index (χ2v) is 6.00. The van der Waals surface area contributed by atoms with E-state index in [0.29, 0.717) is 5.82 Å². The highest BCUT2D eigenvalue weighted by molar-refractivity contribution is 7.99. The van der Waals surface area contributed by atoms with Crippen molar-refractivity contribution in [2.24, 2.45) is 17.8 Å². The summed E-state index contributed by atoms with van der Waals surface area (Å²) in [5, 5.41) is 0.908. The summed E-state index contributed by atoms with van der Waals surface area (Å²) in [6, 6.07) is 0. The second-order valence-electron chi connectivity index (χ2n) is 4.99. The Morgan fingerprint density at radius 2 is 2.12 bits per heavy atom. The maximum absolute atomic E-state index is 5.79. The predicted molar refractivity (Wildman–Crippen MR) is 66.1 cm³/mol. The Balaban J connectivity index is 1.59. The normalized spacial score (nSPS) is 32.1. The van der Waals surface area contributed by atoms with Crippen molar-refractivity contribution in [3.63, 3.8) is 0 Å². The van der Waals surface area contributed by atoms with Crippen LogP contribution in [0.3, 0.4) is 0 Å². The summed E-state index contributed by atoms with van der Waals surface area (Å²) < 4.78 is 0. The smallest absolute Gasteiger partial charge is 0.156 e. The second kappa shape index (κ2) is 4.24. The third-order valence-electron chi connectivity index (χ3n) is 4.01. The molecule has 2 N–H and O–H groups in total. The molecule has 0 saturated heterocycles. The Kier molecular flexibility index (Phi) is 2.75. The van der Waals surface area contributed by atoms with Crippen molar-refractivity contribution < 1.29 is 0 Å². The molecule has 0 amide bonds. The minimum absolute atomic E-state index is 0.579. The number of nitrogens with two attached hydrogens (primary N) is 1. The van der Waals surface area contributed by atoms with Crippen LogP contribution in [0.2, 0.25) is 0 Å². The van der Waals surface area contributed by atoms with E-state index >= 15 is 0 Å².